The van der Waals surface area contributed by atoms with Crippen molar-refractivity contribution in [2.45, 2.75) is 20.8 Å². The summed E-state index contributed by atoms with van der Waals surface area (Å²) < 4.78 is 5.36. The topological polar surface area (TPSA) is 43.4 Å². The number of aryl methyl sites for hydroxylation is 3. The molecular weight excluding hydrogens is 312 g/mol. The summed E-state index contributed by atoms with van der Waals surface area (Å²) in [6, 6.07) is 11.4. The van der Waals surface area contributed by atoms with E-state index < -0.39 is 11.6 Å². The number of para-hydroxylation sites is 1. The Morgan fingerprint density at radius 2 is 1.52 bits per heavy atom. The van der Waals surface area contributed by atoms with E-state index in [4.69, 9.17) is 4.74 Å². The van der Waals surface area contributed by atoms with Crippen molar-refractivity contribution in [3.8, 4) is 5.75 Å². The minimum atomic E-state index is -0.504. The Morgan fingerprint density at radius 3 is 2.16 bits per heavy atom. The zero-order valence-corrected chi connectivity index (χ0v) is 14.8. The quantitative estimate of drug-likeness (QED) is 0.624. The molecule has 1 aliphatic carbocycles. The minimum Gasteiger partial charge on any atom is -0.496 e. The predicted molar refractivity (Wildman–Crippen MR) is 99.6 cm³/mol. The summed E-state index contributed by atoms with van der Waals surface area (Å²) >= 11 is 0. The molecule has 25 heavy (non-hydrogen) atoms. The van der Waals surface area contributed by atoms with E-state index in [0.29, 0.717) is 16.9 Å². The van der Waals surface area contributed by atoms with Gasteiger partial charge in [0.1, 0.15) is 5.75 Å². The van der Waals surface area contributed by atoms with Crippen molar-refractivity contribution in [3.05, 3.63) is 76.4 Å². The molecule has 0 bridgehead atoms. The third-order valence-electron chi connectivity index (χ3n) is 4.42. The van der Waals surface area contributed by atoms with E-state index in [9.17, 15) is 9.59 Å². The Balaban J connectivity index is 2.20. The highest BCUT2D eigenvalue weighted by Gasteiger charge is 2.26. The fourth-order valence-electron chi connectivity index (χ4n) is 3.45. The van der Waals surface area contributed by atoms with Crippen LogP contribution in [0.2, 0.25) is 0 Å². The van der Waals surface area contributed by atoms with Crippen LogP contribution in [0.4, 0.5) is 0 Å². The van der Waals surface area contributed by atoms with Crippen molar-refractivity contribution < 1.29 is 14.3 Å². The lowest BCUT2D eigenvalue weighted by molar-refractivity contribution is -0.130. The van der Waals surface area contributed by atoms with Gasteiger partial charge in [-0.15, -0.1) is 0 Å². The van der Waals surface area contributed by atoms with Crippen LogP contribution in [0.5, 0.6) is 5.75 Å². The Bertz CT molecular complexity index is 922. The van der Waals surface area contributed by atoms with E-state index in [-0.39, 0.29) is 0 Å². The van der Waals surface area contributed by atoms with Crippen LogP contribution >= 0.6 is 0 Å². The molecule has 0 fully saturated rings. The molecule has 0 spiro atoms. The Hall–Kier alpha value is -2.94. The monoisotopic (exact) mass is 332 g/mol. The average molecular weight is 332 g/mol. The first-order valence-corrected chi connectivity index (χ1v) is 8.16. The Morgan fingerprint density at radius 1 is 0.880 bits per heavy atom. The van der Waals surface area contributed by atoms with Gasteiger partial charge in [0.25, 0.3) is 0 Å². The van der Waals surface area contributed by atoms with Crippen LogP contribution in [-0.2, 0) is 9.59 Å². The van der Waals surface area contributed by atoms with Crippen LogP contribution < -0.4 is 4.74 Å². The summed E-state index contributed by atoms with van der Waals surface area (Å²) in [5.41, 5.74) is 6.12. The summed E-state index contributed by atoms with van der Waals surface area (Å²) in [6.45, 7) is 6.09. The van der Waals surface area contributed by atoms with Gasteiger partial charge >= 0.3 is 0 Å². The van der Waals surface area contributed by atoms with E-state index in [1.54, 1.807) is 25.3 Å². The number of benzene rings is 2. The predicted octanol–water partition coefficient (Wildman–Crippen LogP) is 4.24. The molecule has 0 radical (unpaired) electrons. The average Bonchev–Trinajstić information content (AvgIpc) is 2.57. The number of Topliss-reactive ketones (excluding diaryl/α,β-unsaturated/α-hetero) is 1. The lowest BCUT2D eigenvalue weighted by atomic mass is 9.85. The smallest absolute Gasteiger partial charge is 0.233 e. The third-order valence-corrected chi connectivity index (χ3v) is 4.42. The number of hydrogen-bond acceptors (Lipinski definition) is 3. The maximum Gasteiger partial charge on any atom is 0.233 e. The van der Waals surface area contributed by atoms with E-state index >= 15 is 0 Å². The first kappa shape index (κ1) is 16.9. The third kappa shape index (κ3) is 3.05. The number of ketones is 2. The molecule has 0 saturated heterocycles. The maximum atomic E-state index is 12.5. The molecule has 0 N–H and O–H groups in total. The van der Waals surface area contributed by atoms with Gasteiger partial charge in [0, 0.05) is 11.1 Å². The second-order valence-electron chi connectivity index (χ2n) is 6.33. The Labute approximate surface area is 147 Å². The van der Waals surface area contributed by atoms with E-state index in [0.717, 1.165) is 22.3 Å². The molecule has 126 valence electrons. The van der Waals surface area contributed by atoms with Crippen LogP contribution in [-0.4, -0.2) is 18.7 Å². The van der Waals surface area contributed by atoms with Gasteiger partial charge < -0.3 is 4.74 Å². The molecule has 3 nitrogen and oxygen atoms in total. The van der Waals surface area contributed by atoms with Gasteiger partial charge in [-0.25, -0.2) is 0 Å². The molecule has 0 heterocycles. The van der Waals surface area contributed by atoms with Crippen LogP contribution in [0.15, 0.2) is 48.6 Å². The molecule has 0 unspecified atom stereocenters. The van der Waals surface area contributed by atoms with Gasteiger partial charge in [0.05, 0.1) is 7.11 Å². The summed E-state index contributed by atoms with van der Waals surface area (Å²) in [5.74, 6) is -0.429. The molecule has 0 saturated carbocycles. The number of hydrogen-bond donors (Lipinski definition) is 0. The van der Waals surface area contributed by atoms with Crippen molar-refractivity contribution in [2.75, 3.05) is 7.11 Å². The van der Waals surface area contributed by atoms with Gasteiger partial charge in [-0.05, 0) is 61.3 Å². The normalized spacial score (nSPS) is 14.2. The lowest BCUT2D eigenvalue weighted by Crippen LogP contribution is -2.18. The highest BCUT2D eigenvalue weighted by Crippen LogP contribution is 2.34. The number of carbonyl (C=O) groups is 2. The zero-order chi connectivity index (χ0) is 18.1. The number of rotatable bonds is 3. The second-order valence-corrected chi connectivity index (χ2v) is 6.33. The zero-order valence-electron chi connectivity index (χ0n) is 14.8. The number of methoxy groups -OCH3 is 1. The Kier molecular flexibility index (Phi) is 4.41. The number of ether oxygens (including phenoxy) is 1. The molecule has 0 atom stereocenters. The molecule has 0 amide bonds. The highest BCUT2D eigenvalue weighted by atomic mass is 16.5. The van der Waals surface area contributed by atoms with Gasteiger partial charge in [0.15, 0.2) is 0 Å². The van der Waals surface area contributed by atoms with Gasteiger partial charge in [-0.1, -0.05) is 35.9 Å². The van der Waals surface area contributed by atoms with Gasteiger partial charge in [-0.3, -0.25) is 9.59 Å². The molecule has 1 aliphatic rings. The number of carbonyl (C=O) groups excluding carboxylic acids is 2. The number of allylic oxidation sites excluding steroid dienone is 4. The van der Waals surface area contributed by atoms with Crippen molar-refractivity contribution in [2.24, 2.45) is 0 Å². The van der Waals surface area contributed by atoms with E-state index in [2.05, 4.69) is 12.1 Å². The molecule has 3 heteroatoms. The highest BCUT2D eigenvalue weighted by molar-refractivity contribution is 6.59. The first-order chi connectivity index (χ1) is 11.9. The molecule has 0 aromatic heterocycles. The van der Waals surface area contributed by atoms with Crippen LogP contribution in [0.1, 0.15) is 27.8 Å². The van der Waals surface area contributed by atoms with Gasteiger partial charge in [-0.2, -0.15) is 0 Å². The first-order valence-electron chi connectivity index (χ1n) is 8.16. The maximum absolute atomic E-state index is 12.5. The van der Waals surface area contributed by atoms with Gasteiger partial charge in [0.2, 0.25) is 11.6 Å². The fourth-order valence-corrected chi connectivity index (χ4v) is 3.45. The van der Waals surface area contributed by atoms with Crippen molar-refractivity contribution in [1.29, 1.82) is 0 Å². The summed E-state index contributed by atoms with van der Waals surface area (Å²) in [7, 11) is 1.56. The summed E-state index contributed by atoms with van der Waals surface area (Å²) in [5, 5.41) is 0. The van der Waals surface area contributed by atoms with Crippen LogP contribution in [0.3, 0.4) is 0 Å². The molecule has 3 rings (SSSR count). The van der Waals surface area contributed by atoms with E-state index in [1.165, 1.54) is 11.6 Å². The van der Waals surface area contributed by atoms with E-state index in [1.807, 2.05) is 32.9 Å². The van der Waals surface area contributed by atoms with Crippen LogP contribution in [0.25, 0.3) is 11.1 Å². The van der Waals surface area contributed by atoms with Crippen molar-refractivity contribution in [1.82, 2.24) is 0 Å². The lowest BCUT2D eigenvalue weighted by Gasteiger charge is -2.18. The molecule has 0 aliphatic heterocycles. The summed E-state index contributed by atoms with van der Waals surface area (Å²) in [4.78, 5) is 24.8. The fraction of sp³-hybridized carbons (Fsp3) is 0.182. The van der Waals surface area contributed by atoms with Crippen LogP contribution in [0, 0.1) is 20.8 Å². The minimum absolute atomic E-state index is 0.374. The molecular formula is C22H20O3. The standard InChI is InChI=1S/C22H20O3/c1-13-9-14(2)21(15(3)10-13)16-11-18(22(24)19(23)12-16)17-7-5-6-8-20(17)25-4/h5-12H,1-4H3. The molecule has 2 aromatic rings. The molecule has 2 aromatic carbocycles. The largest absolute Gasteiger partial charge is 0.496 e. The SMILES string of the molecule is COc1ccccc1C1=CC(c2c(C)cc(C)cc2C)=CC(=O)C1=O. The van der Waals surface area contributed by atoms with Crippen molar-refractivity contribution >= 4 is 22.7 Å². The summed E-state index contributed by atoms with van der Waals surface area (Å²) in [6.07, 6.45) is 3.23. The second kappa shape index (κ2) is 6.52. The van der Waals surface area contributed by atoms with Crippen molar-refractivity contribution in [3.63, 3.8) is 0 Å².